The smallest absolute Gasteiger partial charge is 0.261 e. The normalized spacial score (nSPS) is 12.5. The Labute approximate surface area is 137 Å². The Kier molecular flexibility index (Phi) is 3.93. The summed E-state index contributed by atoms with van der Waals surface area (Å²) in [4.78, 5) is 14.1. The van der Waals surface area contributed by atoms with Gasteiger partial charge in [-0.1, -0.05) is 23.7 Å². The molecule has 0 saturated heterocycles. The van der Waals surface area contributed by atoms with E-state index in [0.717, 1.165) is 21.5 Å². The van der Waals surface area contributed by atoms with Crippen LogP contribution in [0.2, 0.25) is 5.02 Å². The van der Waals surface area contributed by atoms with Crippen molar-refractivity contribution in [2.24, 2.45) is 7.05 Å². The van der Waals surface area contributed by atoms with Gasteiger partial charge < -0.3 is 5.32 Å². The molecule has 1 atom stereocenters. The van der Waals surface area contributed by atoms with Crippen LogP contribution in [-0.4, -0.2) is 15.7 Å². The highest BCUT2D eigenvalue weighted by Gasteiger charge is 2.17. The predicted molar refractivity (Wildman–Crippen MR) is 90.7 cm³/mol. The first-order valence-electron chi connectivity index (χ1n) is 6.95. The van der Waals surface area contributed by atoms with E-state index in [2.05, 4.69) is 10.4 Å². The minimum absolute atomic E-state index is 0.0666. The topological polar surface area (TPSA) is 46.9 Å². The number of nitrogens with one attached hydrogen (secondary N) is 1. The number of hydrogen-bond acceptors (Lipinski definition) is 3. The van der Waals surface area contributed by atoms with Crippen LogP contribution < -0.4 is 5.32 Å². The lowest BCUT2D eigenvalue weighted by molar-refractivity contribution is 0.0944. The van der Waals surface area contributed by atoms with Crippen molar-refractivity contribution in [3.8, 4) is 0 Å². The number of fused-ring (bicyclic) bond motifs is 1. The molecule has 22 heavy (non-hydrogen) atoms. The molecule has 2 heterocycles. The molecular weight excluding hydrogens is 318 g/mol. The van der Waals surface area contributed by atoms with E-state index in [-0.39, 0.29) is 11.9 Å². The number of nitrogens with zero attached hydrogens (tertiary/aromatic N) is 2. The first-order chi connectivity index (χ1) is 10.5. The van der Waals surface area contributed by atoms with Crippen molar-refractivity contribution in [2.45, 2.75) is 19.9 Å². The van der Waals surface area contributed by atoms with Gasteiger partial charge in [-0.05, 0) is 37.6 Å². The minimum Gasteiger partial charge on any atom is -0.345 e. The van der Waals surface area contributed by atoms with Crippen LogP contribution in [0, 0.1) is 6.92 Å². The van der Waals surface area contributed by atoms with Crippen molar-refractivity contribution in [3.63, 3.8) is 0 Å². The fraction of sp³-hybridized carbons (Fsp3) is 0.250. The predicted octanol–water partition coefficient (Wildman–Crippen LogP) is 4.09. The SMILES string of the molecule is Cc1nn(C)c2sc(C(=O)N[C@H](C)c3ccc(Cl)cc3)cc12. The summed E-state index contributed by atoms with van der Waals surface area (Å²) < 4.78 is 1.81. The van der Waals surface area contributed by atoms with Crippen molar-refractivity contribution >= 4 is 39.1 Å². The number of thiophene rings is 1. The second-order valence-electron chi connectivity index (χ2n) is 5.29. The molecule has 1 aromatic carbocycles. The summed E-state index contributed by atoms with van der Waals surface area (Å²) in [7, 11) is 1.89. The van der Waals surface area contributed by atoms with E-state index in [1.807, 2.05) is 55.9 Å². The van der Waals surface area contributed by atoms with Crippen LogP contribution in [0.1, 0.15) is 33.9 Å². The van der Waals surface area contributed by atoms with E-state index in [1.54, 1.807) is 0 Å². The molecule has 3 rings (SSSR count). The average Bonchev–Trinajstić information content (AvgIpc) is 3.02. The fourth-order valence-corrected chi connectivity index (χ4v) is 3.57. The number of aromatic nitrogens is 2. The van der Waals surface area contributed by atoms with Gasteiger partial charge in [0, 0.05) is 17.5 Å². The maximum Gasteiger partial charge on any atom is 0.261 e. The van der Waals surface area contributed by atoms with E-state index < -0.39 is 0 Å². The highest BCUT2D eigenvalue weighted by atomic mass is 35.5. The summed E-state index contributed by atoms with van der Waals surface area (Å²) in [6.07, 6.45) is 0. The summed E-state index contributed by atoms with van der Waals surface area (Å²) in [5.41, 5.74) is 1.97. The van der Waals surface area contributed by atoms with Crippen LogP contribution in [0.25, 0.3) is 10.2 Å². The van der Waals surface area contributed by atoms with Gasteiger partial charge in [-0.25, -0.2) is 0 Å². The lowest BCUT2D eigenvalue weighted by Gasteiger charge is -2.13. The largest absolute Gasteiger partial charge is 0.345 e. The van der Waals surface area contributed by atoms with Crippen molar-refractivity contribution < 1.29 is 4.79 Å². The van der Waals surface area contributed by atoms with E-state index in [1.165, 1.54) is 11.3 Å². The Morgan fingerprint density at radius 1 is 1.36 bits per heavy atom. The minimum atomic E-state index is -0.0748. The van der Waals surface area contributed by atoms with E-state index in [4.69, 9.17) is 11.6 Å². The molecule has 0 spiro atoms. The number of amides is 1. The summed E-state index contributed by atoms with van der Waals surface area (Å²) in [5, 5.41) is 9.10. The van der Waals surface area contributed by atoms with Gasteiger partial charge in [-0.15, -0.1) is 11.3 Å². The van der Waals surface area contributed by atoms with Crippen LogP contribution in [0.4, 0.5) is 0 Å². The second kappa shape index (κ2) is 5.74. The van der Waals surface area contributed by atoms with Gasteiger partial charge >= 0.3 is 0 Å². The average molecular weight is 334 g/mol. The number of carbonyl (C=O) groups excluding carboxylic acids is 1. The molecule has 1 amide bonds. The summed E-state index contributed by atoms with van der Waals surface area (Å²) in [5.74, 6) is -0.0666. The Bertz CT molecular complexity index is 801. The highest BCUT2D eigenvalue weighted by Crippen LogP contribution is 2.28. The lowest BCUT2D eigenvalue weighted by Crippen LogP contribution is -2.25. The third-order valence-corrected chi connectivity index (χ3v) is 5.09. The molecule has 0 bridgehead atoms. The lowest BCUT2D eigenvalue weighted by atomic mass is 10.1. The molecule has 6 heteroatoms. The molecule has 0 unspecified atom stereocenters. The van der Waals surface area contributed by atoms with E-state index in [9.17, 15) is 4.79 Å². The monoisotopic (exact) mass is 333 g/mol. The molecule has 0 radical (unpaired) electrons. The first kappa shape index (κ1) is 15.1. The van der Waals surface area contributed by atoms with Gasteiger partial charge in [0.25, 0.3) is 5.91 Å². The van der Waals surface area contributed by atoms with Crippen LogP contribution >= 0.6 is 22.9 Å². The number of aryl methyl sites for hydroxylation is 2. The van der Waals surface area contributed by atoms with Crippen LogP contribution in [-0.2, 0) is 7.05 Å². The Morgan fingerprint density at radius 3 is 2.68 bits per heavy atom. The van der Waals surface area contributed by atoms with Crippen LogP contribution in [0.5, 0.6) is 0 Å². The number of carbonyl (C=O) groups is 1. The molecule has 0 saturated carbocycles. The van der Waals surface area contributed by atoms with Crippen molar-refractivity contribution in [1.82, 2.24) is 15.1 Å². The highest BCUT2D eigenvalue weighted by molar-refractivity contribution is 7.20. The van der Waals surface area contributed by atoms with Crippen molar-refractivity contribution in [3.05, 3.63) is 51.5 Å². The Morgan fingerprint density at radius 2 is 2.05 bits per heavy atom. The summed E-state index contributed by atoms with van der Waals surface area (Å²) in [6.45, 7) is 3.91. The molecule has 4 nitrogen and oxygen atoms in total. The van der Waals surface area contributed by atoms with Crippen LogP contribution in [0.3, 0.4) is 0 Å². The molecule has 1 N–H and O–H groups in total. The maximum atomic E-state index is 12.4. The third-order valence-electron chi connectivity index (χ3n) is 3.64. The Hall–Kier alpha value is -1.85. The second-order valence-corrected chi connectivity index (χ2v) is 6.75. The number of halogens is 1. The van der Waals surface area contributed by atoms with Gasteiger partial charge in [0.15, 0.2) is 0 Å². The quantitative estimate of drug-likeness (QED) is 0.784. The molecule has 0 fully saturated rings. The maximum absolute atomic E-state index is 12.4. The zero-order valence-corrected chi connectivity index (χ0v) is 14.1. The number of hydrogen-bond donors (Lipinski definition) is 1. The zero-order valence-electron chi connectivity index (χ0n) is 12.6. The fourth-order valence-electron chi connectivity index (χ4n) is 2.42. The summed E-state index contributed by atoms with van der Waals surface area (Å²) in [6, 6.07) is 9.33. The first-order valence-corrected chi connectivity index (χ1v) is 8.14. The van der Waals surface area contributed by atoms with Gasteiger partial charge in [-0.2, -0.15) is 5.10 Å². The number of benzene rings is 1. The number of rotatable bonds is 3. The molecule has 0 aliphatic heterocycles. The van der Waals surface area contributed by atoms with Gasteiger partial charge in [0.05, 0.1) is 16.6 Å². The molecular formula is C16H16ClN3OS. The molecule has 0 aliphatic carbocycles. The van der Waals surface area contributed by atoms with Gasteiger partial charge in [0.1, 0.15) is 4.83 Å². The van der Waals surface area contributed by atoms with Gasteiger partial charge in [0.2, 0.25) is 0 Å². The van der Waals surface area contributed by atoms with Crippen molar-refractivity contribution in [2.75, 3.05) is 0 Å². The van der Waals surface area contributed by atoms with Gasteiger partial charge in [-0.3, -0.25) is 9.48 Å². The van der Waals surface area contributed by atoms with Crippen LogP contribution in [0.15, 0.2) is 30.3 Å². The van der Waals surface area contributed by atoms with E-state index >= 15 is 0 Å². The third kappa shape index (κ3) is 2.74. The zero-order chi connectivity index (χ0) is 15.9. The molecule has 2 aromatic heterocycles. The summed E-state index contributed by atoms with van der Waals surface area (Å²) >= 11 is 7.35. The van der Waals surface area contributed by atoms with E-state index in [0.29, 0.717) is 9.90 Å². The van der Waals surface area contributed by atoms with Crippen molar-refractivity contribution in [1.29, 1.82) is 0 Å². The standard InChI is InChI=1S/C16H16ClN3OS/c1-9(11-4-6-12(17)7-5-11)18-15(21)14-8-13-10(2)19-20(3)16(13)22-14/h4-9H,1-3H3,(H,18,21)/t9-/m1/s1. The molecule has 3 aromatic rings. The molecule has 0 aliphatic rings. The molecule has 114 valence electrons. The Balaban J connectivity index is 1.80.